The number of halogens is 4. The highest BCUT2D eigenvalue weighted by Crippen LogP contribution is 2.36. The third-order valence-electron chi connectivity index (χ3n) is 4.44. The van der Waals surface area contributed by atoms with Crippen molar-refractivity contribution >= 4 is 57.3 Å². The van der Waals surface area contributed by atoms with Crippen LogP contribution >= 0.6 is 22.9 Å². The van der Waals surface area contributed by atoms with Crippen LogP contribution in [0.15, 0.2) is 53.5 Å². The van der Waals surface area contributed by atoms with Gasteiger partial charge in [-0.2, -0.15) is 18.4 Å². The van der Waals surface area contributed by atoms with E-state index in [1.54, 1.807) is 11.4 Å². The zero-order chi connectivity index (χ0) is 27.2. The van der Waals surface area contributed by atoms with Gasteiger partial charge < -0.3 is 10.1 Å². The van der Waals surface area contributed by atoms with Crippen LogP contribution in [0.3, 0.4) is 0 Å². The van der Waals surface area contributed by atoms with Gasteiger partial charge >= 0.3 is 6.18 Å². The number of nitro groups is 1. The highest BCUT2D eigenvalue weighted by Gasteiger charge is 2.33. The Bertz CT molecular complexity index is 1420. The maximum absolute atomic E-state index is 13.1. The molecule has 3 rings (SSSR count). The number of non-ortho nitro benzene ring substituents is 1. The molecule has 190 valence electrons. The summed E-state index contributed by atoms with van der Waals surface area (Å²) >= 11 is 6.73. The smallest absolute Gasteiger partial charge is 0.417 e. The highest BCUT2D eigenvalue weighted by atomic mass is 35.5. The fourth-order valence-corrected chi connectivity index (χ4v) is 3.57. The van der Waals surface area contributed by atoms with Gasteiger partial charge in [-0.05, 0) is 30.3 Å². The number of carbonyl (C=O) groups excluding carboxylic acids is 2. The third-order valence-corrected chi connectivity index (χ3v) is 5.45. The average Bonchev–Trinajstić information content (AvgIpc) is 3.34. The van der Waals surface area contributed by atoms with Crippen LogP contribution in [0.2, 0.25) is 5.02 Å². The molecule has 2 N–H and O–H groups in total. The molecule has 0 unspecified atom stereocenters. The van der Waals surface area contributed by atoms with E-state index < -0.39 is 51.4 Å². The Labute approximate surface area is 215 Å². The Balaban J connectivity index is 1.86. The van der Waals surface area contributed by atoms with Gasteiger partial charge in [0.15, 0.2) is 11.7 Å². The zero-order valence-electron chi connectivity index (χ0n) is 18.2. The number of nitrogens with zero attached hydrogens (tertiary/aromatic N) is 3. The molecule has 0 atom stereocenters. The first-order chi connectivity index (χ1) is 17.5. The van der Waals surface area contributed by atoms with Crippen LogP contribution in [0.1, 0.15) is 11.1 Å². The summed E-state index contributed by atoms with van der Waals surface area (Å²) in [7, 11) is 0. The number of alkyl halides is 3. The molecule has 10 nitrogen and oxygen atoms in total. The average molecular weight is 552 g/mol. The lowest BCUT2D eigenvalue weighted by molar-refractivity contribution is -0.384. The molecule has 0 saturated heterocycles. The number of rotatable bonds is 8. The van der Waals surface area contributed by atoms with Gasteiger partial charge in [0, 0.05) is 35.0 Å². The number of amides is 2. The second kappa shape index (κ2) is 11.5. The lowest BCUT2D eigenvalue weighted by Crippen LogP contribution is -2.20. The van der Waals surface area contributed by atoms with Gasteiger partial charge in [0.05, 0.1) is 15.5 Å². The fraction of sp³-hybridized carbons (Fsp3) is 0.0909. The Morgan fingerprint density at radius 3 is 2.62 bits per heavy atom. The number of carbonyl (C=O) groups is 2. The van der Waals surface area contributed by atoms with Crippen LogP contribution < -0.4 is 15.4 Å². The molecule has 37 heavy (non-hydrogen) atoms. The van der Waals surface area contributed by atoms with E-state index in [1.807, 2.05) is 0 Å². The largest absolute Gasteiger partial charge is 0.483 e. The third kappa shape index (κ3) is 7.26. The van der Waals surface area contributed by atoms with E-state index in [1.165, 1.54) is 23.6 Å². The molecule has 0 aliphatic carbocycles. The van der Waals surface area contributed by atoms with E-state index in [2.05, 4.69) is 15.6 Å². The predicted octanol–water partition coefficient (Wildman–Crippen LogP) is 5.29. The summed E-state index contributed by atoms with van der Waals surface area (Å²) in [4.78, 5) is 39.1. The van der Waals surface area contributed by atoms with Crippen LogP contribution in [-0.4, -0.2) is 28.3 Å². The summed E-state index contributed by atoms with van der Waals surface area (Å²) in [6.07, 6.45) is -2.37. The van der Waals surface area contributed by atoms with Gasteiger partial charge in [0.2, 0.25) is 0 Å². The maximum Gasteiger partial charge on any atom is 0.417 e. The van der Waals surface area contributed by atoms with Gasteiger partial charge in [-0.15, -0.1) is 11.3 Å². The minimum atomic E-state index is -4.78. The van der Waals surface area contributed by atoms with Crippen molar-refractivity contribution in [1.82, 2.24) is 4.98 Å². The monoisotopic (exact) mass is 551 g/mol. The van der Waals surface area contributed by atoms with Crippen molar-refractivity contribution in [3.05, 3.63) is 79.8 Å². The molecule has 15 heteroatoms. The molecule has 1 heterocycles. The van der Waals surface area contributed by atoms with Crippen molar-refractivity contribution in [2.75, 3.05) is 17.2 Å². The van der Waals surface area contributed by atoms with E-state index >= 15 is 0 Å². The molecule has 0 bridgehead atoms. The highest BCUT2D eigenvalue weighted by molar-refractivity contribution is 7.13. The number of hydrogen-bond donors (Lipinski definition) is 2. The number of thiazole rings is 1. The Morgan fingerprint density at radius 1 is 1.24 bits per heavy atom. The summed E-state index contributed by atoms with van der Waals surface area (Å²) in [5.74, 6) is -1.77. The van der Waals surface area contributed by atoms with E-state index in [0.717, 1.165) is 30.3 Å². The first kappa shape index (κ1) is 27.1. The van der Waals surface area contributed by atoms with Gasteiger partial charge in [0.25, 0.3) is 17.5 Å². The number of benzene rings is 2. The van der Waals surface area contributed by atoms with E-state index in [4.69, 9.17) is 16.3 Å². The quantitative estimate of drug-likeness (QED) is 0.167. The Morgan fingerprint density at radius 2 is 2.00 bits per heavy atom. The van der Waals surface area contributed by atoms with E-state index in [0.29, 0.717) is 11.2 Å². The molecule has 0 spiro atoms. The summed E-state index contributed by atoms with van der Waals surface area (Å²) in [5, 5.41) is 26.7. The molecule has 2 aromatic carbocycles. The SMILES string of the molecule is N#C/C(=C\c1cc([N+](=O)[O-])ccc1OCC(=O)Nc1nccs1)C(=O)Nc1ccc(Cl)c(C(F)(F)F)c1. The molecule has 0 radical (unpaired) electrons. The number of aromatic nitrogens is 1. The molecule has 2 amide bonds. The van der Waals surface area contributed by atoms with E-state index in [9.17, 15) is 38.1 Å². The first-order valence-corrected chi connectivity index (χ1v) is 11.1. The summed E-state index contributed by atoms with van der Waals surface area (Å²) in [5.41, 5.74) is -2.61. The minimum absolute atomic E-state index is 0.0775. The van der Waals surface area contributed by atoms with Crippen molar-refractivity contribution in [1.29, 1.82) is 5.26 Å². The maximum atomic E-state index is 13.1. The molecule has 0 saturated carbocycles. The number of nitrogens with one attached hydrogen (secondary N) is 2. The molecule has 3 aromatic rings. The Kier molecular flexibility index (Phi) is 8.43. The number of nitriles is 1. The molecule has 0 aliphatic rings. The van der Waals surface area contributed by atoms with E-state index in [-0.39, 0.29) is 17.0 Å². The predicted molar refractivity (Wildman–Crippen MR) is 128 cm³/mol. The molecule has 0 aliphatic heterocycles. The van der Waals surface area contributed by atoms with Gasteiger partial charge in [-0.25, -0.2) is 4.98 Å². The summed E-state index contributed by atoms with van der Waals surface area (Å²) < 4.78 is 44.7. The summed E-state index contributed by atoms with van der Waals surface area (Å²) in [6.45, 7) is -0.530. The van der Waals surface area contributed by atoms with Crippen LogP contribution in [0.5, 0.6) is 5.75 Å². The zero-order valence-corrected chi connectivity index (χ0v) is 19.8. The summed E-state index contributed by atoms with van der Waals surface area (Å²) in [6, 6.07) is 7.47. The number of nitro benzene ring substituents is 1. The van der Waals surface area contributed by atoms with Crippen molar-refractivity contribution in [2.24, 2.45) is 0 Å². The molecule has 0 fully saturated rings. The number of ether oxygens (including phenoxy) is 1. The van der Waals surface area contributed by atoms with Crippen molar-refractivity contribution < 1.29 is 32.4 Å². The van der Waals surface area contributed by atoms with Crippen LogP contribution in [0.25, 0.3) is 6.08 Å². The van der Waals surface area contributed by atoms with Crippen LogP contribution in [0.4, 0.5) is 29.7 Å². The number of anilines is 2. The second-order valence-electron chi connectivity index (χ2n) is 6.97. The first-order valence-electron chi connectivity index (χ1n) is 9.88. The second-order valence-corrected chi connectivity index (χ2v) is 8.27. The van der Waals surface area contributed by atoms with Gasteiger partial charge in [-0.1, -0.05) is 11.6 Å². The minimum Gasteiger partial charge on any atom is -0.483 e. The van der Waals surface area contributed by atoms with Crippen LogP contribution in [-0.2, 0) is 15.8 Å². The normalized spacial score (nSPS) is 11.4. The van der Waals surface area contributed by atoms with Crippen molar-refractivity contribution in [2.45, 2.75) is 6.18 Å². The fourth-order valence-electron chi connectivity index (χ4n) is 2.80. The van der Waals surface area contributed by atoms with Gasteiger partial charge in [0.1, 0.15) is 17.4 Å². The lowest BCUT2D eigenvalue weighted by atomic mass is 10.1. The number of hydrogen-bond acceptors (Lipinski definition) is 8. The topological polar surface area (TPSA) is 147 Å². The van der Waals surface area contributed by atoms with Gasteiger partial charge in [-0.3, -0.25) is 25.0 Å². The lowest BCUT2D eigenvalue weighted by Gasteiger charge is -2.12. The van der Waals surface area contributed by atoms with Crippen LogP contribution in [0, 0.1) is 21.4 Å². The standard InChI is InChI=1S/C22H13ClF3N5O5S/c23-17-3-1-14(9-16(17)22(24,25)26)29-20(33)13(10-27)7-12-8-15(31(34)35)2-4-18(12)36-11-19(32)30-21-28-5-6-37-21/h1-9H,11H2,(H,29,33)(H,28,30,32)/b13-7+. The molecular weight excluding hydrogens is 539 g/mol. The molecule has 1 aromatic heterocycles. The Hall–Kier alpha value is -4.48. The molecular formula is C22H13ClF3N5O5S. The van der Waals surface area contributed by atoms with Crippen molar-refractivity contribution in [3.8, 4) is 11.8 Å². The van der Waals surface area contributed by atoms with Crippen molar-refractivity contribution in [3.63, 3.8) is 0 Å².